The van der Waals surface area contributed by atoms with Gasteiger partial charge in [-0.3, -0.25) is 4.79 Å². The summed E-state index contributed by atoms with van der Waals surface area (Å²) in [5.74, 6) is -0.165. The van der Waals surface area contributed by atoms with Gasteiger partial charge in [0.1, 0.15) is 0 Å². The van der Waals surface area contributed by atoms with Crippen LogP contribution in [0.15, 0.2) is 0 Å². The van der Waals surface area contributed by atoms with Crippen molar-refractivity contribution in [3.8, 4) is 0 Å². The molecular weight excluding hydrogens is 296 g/mol. The van der Waals surface area contributed by atoms with Crippen molar-refractivity contribution >= 4 is 15.9 Å². The molecule has 1 amide bonds. The van der Waals surface area contributed by atoms with Gasteiger partial charge in [0.15, 0.2) is 0 Å². The Hall–Kier alpha value is -0.700. The largest absolute Gasteiger partial charge is 0.396 e. The molecule has 1 atom stereocenters. The summed E-state index contributed by atoms with van der Waals surface area (Å²) in [7, 11) is -1.62. The van der Waals surface area contributed by atoms with Gasteiger partial charge in [0, 0.05) is 32.7 Å². The van der Waals surface area contributed by atoms with Gasteiger partial charge in [0.25, 0.3) is 0 Å². The zero-order valence-electron chi connectivity index (χ0n) is 12.7. The molecular formula is C13H26N2O5S. The first-order valence-corrected chi connectivity index (χ1v) is 8.93. The molecule has 0 aliphatic carbocycles. The number of carbonyl (C=O) groups is 1. The monoisotopic (exact) mass is 322 g/mol. The highest BCUT2D eigenvalue weighted by Gasteiger charge is 2.30. The first kappa shape index (κ1) is 18.3. The molecule has 2 N–H and O–H groups in total. The van der Waals surface area contributed by atoms with E-state index in [-0.39, 0.29) is 30.2 Å². The molecule has 1 saturated heterocycles. The van der Waals surface area contributed by atoms with Crippen molar-refractivity contribution in [1.29, 1.82) is 0 Å². The Balaban J connectivity index is 2.48. The Bertz CT molecular complexity index is 412. The summed E-state index contributed by atoms with van der Waals surface area (Å²) in [5, 5.41) is 11.8. The third-order valence-corrected chi connectivity index (χ3v) is 5.66. The Morgan fingerprint density at radius 3 is 2.52 bits per heavy atom. The van der Waals surface area contributed by atoms with Crippen molar-refractivity contribution in [2.45, 2.75) is 32.2 Å². The molecule has 1 fully saturated rings. The molecule has 0 aromatic heterocycles. The van der Waals surface area contributed by atoms with Crippen LogP contribution in [-0.2, 0) is 19.6 Å². The van der Waals surface area contributed by atoms with E-state index in [1.54, 1.807) is 14.0 Å². The van der Waals surface area contributed by atoms with E-state index in [1.165, 1.54) is 4.31 Å². The van der Waals surface area contributed by atoms with Crippen molar-refractivity contribution in [2.75, 3.05) is 39.2 Å². The van der Waals surface area contributed by atoms with Gasteiger partial charge in [-0.2, -0.15) is 0 Å². The number of sulfonamides is 1. The van der Waals surface area contributed by atoms with Crippen LogP contribution in [0.5, 0.6) is 0 Å². The van der Waals surface area contributed by atoms with E-state index in [4.69, 9.17) is 9.84 Å². The van der Waals surface area contributed by atoms with Crippen LogP contribution in [0.2, 0.25) is 0 Å². The first-order valence-electron chi connectivity index (χ1n) is 7.32. The minimum absolute atomic E-state index is 0.0124. The van der Waals surface area contributed by atoms with Gasteiger partial charge >= 0.3 is 0 Å². The Kier molecular flexibility index (Phi) is 7.58. The normalized spacial score (nSPS) is 19.4. The van der Waals surface area contributed by atoms with Gasteiger partial charge in [0.05, 0.1) is 18.4 Å². The molecule has 0 spiro atoms. The number of hydrogen-bond donors (Lipinski definition) is 2. The van der Waals surface area contributed by atoms with E-state index in [0.717, 1.165) is 0 Å². The molecule has 7 nitrogen and oxygen atoms in total. The second-order valence-corrected chi connectivity index (χ2v) is 7.50. The maximum Gasteiger partial charge on any atom is 0.223 e. The van der Waals surface area contributed by atoms with Crippen LogP contribution in [0, 0.1) is 5.92 Å². The Labute approximate surface area is 126 Å². The number of hydrogen-bond acceptors (Lipinski definition) is 5. The number of rotatable bonds is 8. The molecule has 1 heterocycles. The van der Waals surface area contributed by atoms with E-state index in [2.05, 4.69) is 5.32 Å². The highest BCUT2D eigenvalue weighted by molar-refractivity contribution is 7.89. The average Bonchev–Trinajstić information content (AvgIpc) is 2.48. The first-order chi connectivity index (χ1) is 9.94. The van der Waals surface area contributed by atoms with Crippen molar-refractivity contribution in [3.05, 3.63) is 0 Å². The summed E-state index contributed by atoms with van der Waals surface area (Å²) in [4.78, 5) is 12.2. The minimum atomic E-state index is -3.16. The van der Waals surface area contributed by atoms with Crippen LogP contribution in [0.25, 0.3) is 0 Å². The molecule has 1 rings (SSSR count). The number of nitrogens with zero attached hydrogens (tertiary/aromatic N) is 1. The molecule has 1 aliphatic rings. The number of nitrogens with one attached hydrogen (secondary N) is 1. The number of aliphatic hydroxyl groups is 1. The molecule has 124 valence electrons. The molecule has 0 aromatic carbocycles. The van der Waals surface area contributed by atoms with Crippen LogP contribution in [0.3, 0.4) is 0 Å². The summed E-state index contributed by atoms with van der Waals surface area (Å²) in [5.41, 5.74) is 0. The number of piperidine rings is 1. The van der Waals surface area contributed by atoms with E-state index >= 15 is 0 Å². The predicted molar refractivity (Wildman–Crippen MR) is 79.3 cm³/mol. The standard InChI is InChI=1S/C13H26N2O5S/c1-3-21(18,19)15-7-4-11(5-8-15)13(17)14-12(6-9-16)10-20-2/h11-12,16H,3-10H2,1-2H3,(H,14,17). The smallest absolute Gasteiger partial charge is 0.223 e. The summed E-state index contributed by atoms with van der Waals surface area (Å²) < 4.78 is 30.0. The molecule has 0 radical (unpaired) electrons. The van der Waals surface area contributed by atoms with Crippen LogP contribution >= 0.6 is 0 Å². The van der Waals surface area contributed by atoms with Gasteiger partial charge in [-0.15, -0.1) is 0 Å². The van der Waals surface area contributed by atoms with Gasteiger partial charge < -0.3 is 15.2 Å². The number of methoxy groups -OCH3 is 1. The van der Waals surface area contributed by atoms with Gasteiger partial charge in [-0.05, 0) is 26.2 Å². The van der Waals surface area contributed by atoms with Gasteiger partial charge in [-0.25, -0.2) is 12.7 Å². The van der Waals surface area contributed by atoms with E-state index < -0.39 is 10.0 Å². The zero-order chi connectivity index (χ0) is 15.9. The fourth-order valence-electron chi connectivity index (χ4n) is 2.45. The number of amides is 1. The SMILES string of the molecule is CCS(=O)(=O)N1CCC(C(=O)NC(CCO)COC)CC1. The topological polar surface area (TPSA) is 95.9 Å². The van der Waals surface area contributed by atoms with Crippen molar-refractivity contribution in [1.82, 2.24) is 9.62 Å². The highest BCUT2D eigenvalue weighted by Crippen LogP contribution is 2.20. The molecule has 1 unspecified atom stereocenters. The lowest BCUT2D eigenvalue weighted by Gasteiger charge is -2.31. The lowest BCUT2D eigenvalue weighted by Crippen LogP contribution is -2.46. The average molecular weight is 322 g/mol. The quantitative estimate of drug-likeness (QED) is 0.632. The van der Waals surface area contributed by atoms with Crippen LogP contribution in [0.4, 0.5) is 0 Å². The predicted octanol–water partition coefficient (Wildman–Crippen LogP) is -0.438. The van der Waals surface area contributed by atoms with Crippen LogP contribution in [0.1, 0.15) is 26.2 Å². The fraction of sp³-hybridized carbons (Fsp3) is 0.923. The van der Waals surface area contributed by atoms with Crippen molar-refractivity contribution in [2.24, 2.45) is 5.92 Å². The summed E-state index contributed by atoms with van der Waals surface area (Å²) in [6.07, 6.45) is 1.51. The molecule has 0 saturated carbocycles. The van der Waals surface area contributed by atoms with E-state index in [9.17, 15) is 13.2 Å². The lowest BCUT2D eigenvalue weighted by molar-refractivity contribution is -0.127. The fourth-order valence-corrected chi connectivity index (χ4v) is 3.58. The minimum Gasteiger partial charge on any atom is -0.396 e. The van der Waals surface area contributed by atoms with E-state index in [0.29, 0.717) is 39.0 Å². The number of carbonyl (C=O) groups excluding carboxylic acids is 1. The third kappa shape index (κ3) is 5.54. The second-order valence-electron chi connectivity index (χ2n) is 5.25. The Morgan fingerprint density at radius 1 is 1.43 bits per heavy atom. The maximum atomic E-state index is 12.2. The van der Waals surface area contributed by atoms with Crippen molar-refractivity contribution < 1.29 is 23.1 Å². The second kappa shape index (κ2) is 8.67. The molecule has 21 heavy (non-hydrogen) atoms. The summed E-state index contributed by atoms with van der Waals surface area (Å²) >= 11 is 0. The molecule has 0 aromatic rings. The zero-order valence-corrected chi connectivity index (χ0v) is 13.6. The highest BCUT2D eigenvalue weighted by atomic mass is 32.2. The van der Waals surface area contributed by atoms with Crippen LogP contribution < -0.4 is 5.32 Å². The summed E-state index contributed by atoms with van der Waals surface area (Å²) in [6, 6.07) is -0.204. The summed E-state index contributed by atoms with van der Waals surface area (Å²) in [6.45, 7) is 2.75. The van der Waals surface area contributed by atoms with Crippen LogP contribution in [-0.4, -0.2) is 68.9 Å². The van der Waals surface area contributed by atoms with E-state index in [1.807, 2.05) is 0 Å². The molecule has 1 aliphatic heterocycles. The van der Waals surface area contributed by atoms with Crippen molar-refractivity contribution in [3.63, 3.8) is 0 Å². The Morgan fingerprint density at radius 2 is 2.05 bits per heavy atom. The lowest BCUT2D eigenvalue weighted by atomic mass is 9.97. The third-order valence-electron chi connectivity index (χ3n) is 3.77. The maximum absolute atomic E-state index is 12.2. The van der Waals surface area contributed by atoms with Gasteiger partial charge in [-0.1, -0.05) is 0 Å². The molecule has 0 bridgehead atoms. The van der Waals surface area contributed by atoms with Gasteiger partial charge in [0.2, 0.25) is 15.9 Å². The molecule has 8 heteroatoms. The number of ether oxygens (including phenoxy) is 1. The number of aliphatic hydroxyl groups excluding tert-OH is 1.